The van der Waals surface area contributed by atoms with Crippen molar-refractivity contribution in [1.29, 1.82) is 0 Å². The molecule has 2 rings (SSSR count). The van der Waals surface area contributed by atoms with Gasteiger partial charge in [0.15, 0.2) is 0 Å². The van der Waals surface area contributed by atoms with Crippen molar-refractivity contribution >= 4 is 17.3 Å². The SMILES string of the molecule is ClC/C(=N/N1CCCCCC1)c1ccccc1. The number of halogens is 1. The number of rotatable bonds is 3. The summed E-state index contributed by atoms with van der Waals surface area (Å²) in [5.41, 5.74) is 2.11. The summed E-state index contributed by atoms with van der Waals surface area (Å²) in [5.74, 6) is 0.473. The summed E-state index contributed by atoms with van der Waals surface area (Å²) >= 11 is 6.00. The fourth-order valence-electron chi connectivity index (χ4n) is 2.12. The molecule has 17 heavy (non-hydrogen) atoms. The predicted octanol–water partition coefficient (Wildman–Crippen LogP) is 3.51. The average Bonchev–Trinajstić information content (AvgIpc) is 2.65. The van der Waals surface area contributed by atoms with Gasteiger partial charge in [0.1, 0.15) is 0 Å². The minimum atomic E-state index is 0.473. The molecule has 0 spiro atoms. The molecule has 1 aliphatic rings. The van der Waals surface area contributed by atoms with Gasteiger partial charge in [-0.05, 0) is 18.4 Å². The van der Waals surface area contributed by atoms with Gasteiger partial charge in [-0.1, -0.05) is 43.2 Å². The van der Waals surface area contributed by atoms with Gasteiger partial charge >= 0.3 is 0 Å². The molecule has 0 bridgehead atoms. The lowest BCUT2D eigenvalue weighted by Crippen LogP contribution is -2.21. The van der Waals surface area contributed by atoms with Crippen LogP contribution in [0.15, 0.2) is 35.4 Å². The van der Waals surface area contributed by atoms with E-state index in [4.69, 9.17) is 16.7 Å². The van der Waals surface area contributed by atoms with Crippen LogP contribution >= 0.6 is 11.6 Å². The third-order valence-electron chi connectivity index (χ3n) is 3.08. The largest absolute Gasteiger partial charge is 0.297 e. The van der Waals surface area contributed by atoms with Crippen LogP contribution in [0.4, 0.5) is 0 Å². The number of hydrogen-bond donors (Lipinski definition) is 0. The third kappa shape index (κ3) is 3.74. The number of nitrogens with zero attached hydrogens (tertiary/aromatic N) is 2. The summed E-state index contributed by atoms with van der Waals surface area (Å²) in [6.07, 6.45) is 5.14. The van der Waals surface area contributed by atoms with Crippen LogP contribution in [-0.2, 0) is 0 Å². The van der Waals surface area contributed by atoms with E-state index in [1.165, 1.54) is 25.7 Å². The molecular weight excluding hydrogens is 232 g/mol. The second-order valence-corrected chi connectivity index (χ2v) is 4.68. The second kappa shape index (κ2) is 6.65. The van der Waals surface area contributed by atoms with Crippen LogP contribution in [0.1, 0.15) is 31.2 Å². The molecule has 92 valence electrons. The molecule has 1 heterocycles. The Kier molecular flexibility index (Phi) is 4.87. The molecule has 0 N–H and O–H groups in total. The minimum absolute atomic E-state index is 0.473. The first-order valence-corrected chi connectivity index (χ1v) is 6.87. The van der Waals surface area contributed by atoms with Crippen LogP contribution in [0.25, 0.3) is 0 Å². The van der Waals surface area contributed by atoms with E-state index < -0.39 is 0 Å². The number of hydrogen-bond acceptors (Lipinski definition) is 2. The molecule has 0 unspecified atom stereocenters. The molecule has 0 radical (unpaired) electrons. The lowest BCUT2D eigenvalue weighted by molar-refractivity contribution is 0.301. The molecule has 0 aromatic heterocycles. The molecule has 1 aliphatic heterocycles. The third-order valence-corrected chi connectivity index (χ3v) is 3.33. The van der Waals surface area contributed by atoms with E-state index in [2.05, 4.69) is 17.1 Å². The van der Waals surface area contributed by atoms with Gasteiger partial charge in [-0.2, -0.15) is 5.10 Å². The molecule has 0 atom stereocenters. The highest BCUT2D eigenvalue weighted by atomic mass is 35.5. The highest BCUT2D eigenvalue weighted by molar-refractivity contribution is 6.31. The van der Waals surface area contributed by atoms with Crippen LogP contribution in [0, 0.1) is 0 Å². The van der Waals surface area contributed by atoms with E-state index in [1.807, 2.05) is 18.2 Å². The summed E-state index contributed by atoms with van der Waals surface area (Å²) in [6, 6.07) is 10.2. The Morgan fingerprint density at radius 1 is 1.06 bits per heavy atom. The van der Waals surface area contributed by atoms with Crippen LogP contribution in [0.3, 0.4) is 0 Å². The van der Waals surface area contributed by atoms with Crippen molar-refractivity contribution in [3.05, 3.63) is 35.9 Å². The summed E-state index contributed by atoms with van der Waals surface area (Å²) in [5, 5.41) is 6.88. The first-order chi connectivity index (χ1) is 8.40. The molecule has 2 nitrogen and oxygen atoms in total. The van der Waals surface area contributed by atoms with Crippen molar-refractivity contribution in [1.82, 2.24) is 5.01 Å². The van der Waals surface area contributed by atoms with E-state index in [1.54, 1.807) is 0 Å². The minimum Gasteiger partial charge on any atom is -0.297 e. The maximum Gasteiger partial charge on any atom is 0.0825 e. The number of hydrazone groups is 1. The van der Waals surface area contributed by atoms with Gasteiger partial charge in [0.2, 0.25) is 0 Å². The van der Waals surface area contributed by atoms with Crippen molar-refractivity contribution in [2.45, 2.75) is 25.7 Å². The monoisotopic (exact) mass is 250 g/mol. The first kappa shape index (κ1) is 12.4. The summed E-state index contributed by atoms with van der Waals surface area (Å²) in [4.78, 5) is 0. The number of alkyl halides is 1. The zero-order valence-corrected chi connectivity index (χ0v) is 10.9. The Hall–Kier alpha value is -1.02. The predicted molar refractivity (Wildman–Crippen MR) is 73.7 cm³/mol. The van der Waals surface area contributed by atoms with Crippen molar-refractivity contribution in [2.75, 3.05) is 19.0 Å². The molecule has 3 heteroatoms. The normalized spacial score (nSPS) is 17.9. The Balaban J connectivity index is 2.11. The van der Waals surface area contributed by atoms with Crippen molar-refractivity contribution in [3.8, 4) is 0 Å². The first-order valence-electron chi connectivity index (χ1n) is 6.34. The Bertz CT molecular complexity index is 354. The fraction of sp³-hybridized carbons (Fsp3) is 0.500. The van der Waals surface area contributed by atoms with Gasteiger partial charge in [0.25, 0.3) is 0 Å². The van der Waals surface area contributed by atoms with Crippen molar-refractivity contribution < 1.29 is 0 Å². The van der Waals surface area contributed by atoms with E-state index in [0.717, 1.165) is 24.4 Å². The van der Waals surface area contributed by atoms with Crippen molar-refractivity contribution in [2.24, 2.45) is 5.10 Å². The van der Waals surface area contributed by atoms with Gasteiger partial charge in [-0.15, -0.1) is 11.6 Å². The maximum atomic E-state index is 6.00. The molecule has 0 saturated carbocycles. The Morgan fingerprint density at radius 2 is 1.71 bits per heavy atom. The molecule has 1 aromatic carbocycles. The van der Waals surface area contributed by atoms with Gasteiger partial charge in [-0.25, -0.2) is 0 Å². The Morgan fingerprint density at radius 3 is 2.29 bits per heavy atom. The average molecular weight is 251 g/mol. The highest BCUT2D eigenvalue weighted by Crippen LogP contribution is 2.12. The lowest BCUT2D eigenvalue weighted by Gasteiger charge is -2.18. The van der Waals surface area contributed by atoms with Crippen molar-refractivity contribution in [3.63, 3.8) is 0 Å². The zero-order chi connectivity index (χ0) is 11.9. The van der Waals surface area contributed by atoms with Gasteiger partial charge in [0.05, 0.1) is 11.6 Å². The molecule has 0 amide bonds. The summed E-state index contributed by atoms with van der Waals surface area (Å²) in [6.45, 7) is 2.13. The molecule has 1 aromatic rings. The van der Waals surface area contributed by atoms with Crippen LogP contribution in [-0.4, -0.2) is 29.7 Å². The Labute approximate surface area is 108 Å². The van der Waals surface area contributed by atoms with E-state index in [-0.39, 0.29) is 0 Å². The van der Waals surface area contributed by atoms with E-state index in [9.17, 15) is 0 Å². The molecule has 1 fully saturated rings. The smallest absolute Gasteiger partial charge is 0.0825 e. The number of benzene rings is 1. The van der Waals surface area contributed by atoms with Gasteiger partial charge in [-0.3, -0.25) is 5.01 Å². The summed E-state index contributed by atoms with van der Waals surface area (Å²) < 4.78 is 0. The second-order valence-electron chi connectivity index (χ2n) is 4.41. The van der Waals surface area contributed by atoms with Gasteiger partial charge in [0, 0.05) is 13.1 Å². The van der Waals surface area contributed by atoms with Gasteiger partial charge < -0.3 is 0 Å². The summed E-state index contributed by atoms with van der Waals surface area (Å²) in [7, 11) is 0. The van der Waals surface area contributed by atoms with E-state index in [0.29, 0.717) is 5.88 Å². The van der Waals surface area contributed by atoms with E-state index >= 15 is 0 Å². The highest BCUT2D eigenvalue weighted by Gasteiger charge is 2.08. The molecular formula is C14H19ClN2. The maximum absolute atomic E-state index is 6.00. The topological polar surface area (TPSA) is 15.6 Å². The fourth-order valence-corrected chi connectivity index (χ4v) is 2.32. The quantitative estimate of drug-likeness (QED) is 0.592. The molecule has 1 saturated heterocycles. The van der Waals surface area contributed by atoms with Crippen LogP contribution in [0.5, 0.6) is 0 Å². The van der Waals surface area contributed by atoms with Crippen LogP contribution < -0.4 is 0 Å². The lowest BCUT2D eigenvalue weighted by atomic mass is 10.1. The molecule has 0 aliphatic carbocycles. The van der Waals surface area contributed by atoms with Crippen LogP contribution in [0.2, 0.25) is 0 Å². The zero-order valence-electron chi connectivity index (χ0n) is 10.1. The standard InChI is InChI=1S/C14H19ClN2/c15-12-14(13-8-4-3-5-9-13)16-17-10-6-1-2-7-11-17/h3-5,8-9H,1-2,6-7,10-12H2/b16-14-.